The first-order valence-corrected chi connectivity index (χ1v) is 25.5. The lowest BCUT2D eigenvalue weighted by Crippen LogP contribution is -2.35. The molecule has 0 radical (unpaired) electrons. The van der Waals surface area contributed by atoms with Gasteiger partial charge >= 0.3 is 0 Å². The van der Waals surface area contributed by atoms with Gasteiger partial charge in [-0.25, -0.2) is 0 Å². The minimum atomic E-state index is -0.322. The highest BCUT2D eigenvalue weighted by molar-refractivity contribution is 6.19. The molecule has 352 valence electrons. The molecule has 1 unspecified atom stereocenters. The number of hydrogen-bond acceptors (Lipinski definition) is 3. The van der Waals surface area contributed by atoms with Crippen molar-refractivity contribution in [2.24, 2.45) is 5.92 Å². The lowest BCUT2D eigenvalue weighted by Gasteiger charge is -2.36. The van der Waals surface area contributed by atoms with Gasteiger partial charge in [0, 0.05) is 72.7 Å². The van der Waals surface area contributed by atoms with Crippen molar-refractivity contribution in [3.05, 3.63) is 273 Å². The third kappa shape index (κ3) is 7.73. The van der Waals surface area contributed by atoms with E-state index in [1.807, 2.05) is 0 Å². The zero-order chi connectivity index (χ0) is 48.9. The van der Waals surface area contributed by atoms with Crippen LogP contribution in [0.1, 0.15) is 20.3 Å². The van der Waals surface area contributed by atoms with Gasteiger partial charge < -0.3 is 23.8 Å². The summed E-state index contributed by atoms with van der Waals surface area (Å²) in [5, 5.41) is 4.84. The maximum atomic E-state index is 2.62. The topological polar surface area (TPSA) is 19.6 Å². The van der Waals surface area contributed by atoms with Crippen molar-refractivity contribution < 1.29 is 0 Å². The largest absolute Gasteiger partial charge is 0.334 e. The average Bonchev–Trinajstić information content (AvgIpc) is 3.94. The van der Waals surface area contributed by atoms with Crippen LogP contribution in [0, 0.1) is 5.92 Å². The second-order valence-electron chi connectivity index (χ2n) is 19.7. The molecular weight excluding hydrogens is 887 g/mol. The smallest absolute Gasteiger partial charge is 0.0643 e. The Kier molecular flexibility index (Phi) is 11.0. The van der Waals surface area contributed by atoms with Crippen molar-refractivity contribution >= 4 is 89.1 Å². The van der Waals surface area contributed by atoms with E-state index in [4.69, 9.17) is 0 Å². The lowest BCUT2D eigenvalue weighted by molar-refractivity contribution is 0.438. The van der Waals surface area contributed by atoms with E-state index in [0.29, 0.717) is 5.92 Å². The molecular formula is C68H55N5. The van der Waals surface area contributed by atoms with Crippen molar-refractivity contribution in [2.75, 3.05) is 14.7 Å². The van der Waals surface area contributed by atoms with Crippen LogP contribution in [0.2, 0.25) is 0 Å². The minimum absolute atomic E-state index is 0.137. The van der Waals surface area contributed by atoms with Crippen molar-refractivity contribution in [2.45, 2.75) is 31.8 Å². The molecule has 0 bridgehead atoms. The fraction of sp³-hybridized carbons (Fsp3) is 0.0882. The molecule has 73 heavy (non-hydrogen) atoms. The van der Waals surface area contributed by atoms with Gasteiger partial charge in [0.15, 0.2) is 0 Å². The Balaban J connectivity index is 1.09. The first-order valence-electron chi connectivity index (χ1n) is 25.5. The quantitative estimate of drug-likeness (QED) is 0.129. The van der Waals surface area contributed by atoms with E-state index in [1.54, 1.807) is 0 Å². The summed E-state index contributed by atoms with van der Waals surface area (Å²) in [7, 11) is 0. The Morgan fingerprint density at radius 1 is 0.397 bits per heavy atom. The van der Waals surface area contributed by atoms with E-state index in [9.17, 15) is 0 Å². The predicted molar refractivity (Wildman–Crippen MR) is 310 cm³/mol. The maximum Gasteiger partial charge on any atom is 0.0643 e. The molecule has 2 aliphatic rings. The zero-order valence-electron chi connectivity index (χ0n) is 41.1. The van der Waals surface area contributed by atoms with E-state index in [2.05, 4.69) is 311 Å². The Bertz CT molecular complexity index is 3850. The van der Waals surface area contributed by atoms with Crippen molar-refractivity contribution in [1.29, 1.82) is 0 Å². The van der Waals surface area contributed by atoms with Gasteiger partial charge in [-0.05, 0) is 135 Å². The van der Waals surface area contributed by atoms with Crippen LogP contribution in [0.3, 0.4) is 0 Å². The summed E-state index contributed by atoms with van der Waals surface area (Å²) in [4.78, 5) is 7.24. The molecule has 13 rings (SSSR count). The predicted octanol–water partition coefficient (Wildman–Crippen LogP) is 18.3. The molecule has 0 fully saturated rings. The van der Waals surface area contributed by atoms with Crippen LogP contribution in [-0.2, 0) is 5.54 Å². The summed E-state index contributed by atoms with van der Waals surface area (Å²) in [5.41, 5.74) is 14.4. The summed E-state index contributed by atoms with van der Waals surface area (Å²) in [6.45, 7) is 4.70. The van der Waals surface area contributed by atoms with Gasteiger partial charge in [0.05, 0.1) is 33.6 Å². The third-order valence-corrected chi connectivity index (χ3v) is 15.0. The van der Waals surface area contributed by atoms with Crippen molar-refractivity contribution in [1.82, 2.24) is 9.13 Å². The van der Waals surface area contributed by atoms with Crippen LogP contribution in [-0.4, -0.2) is 15.2 Å². The van der Waals surface area contributed by atoms with Crippen LogP contribution in [0.15, 0.2) is 273 Å². The van der Waals surface area contributed by atoms with Gasteiger partial charge in [-0.1, -0.05) is 165 Å². The standard InChI is InChI=1S/C68H55N5/c1-49-24-19-20-37-63(49)71(54-33-17-7-18-34-54)55-35-23-36-56(44-55)72-64-45-57(69(50-25-9-3-10-26-50)51-27-11-4-12-28-51)38-40-59(64)61-48-67-62(47-65(61)72)60-41-39-58(46-66(60)73(67)68(2)42-21-8-22-43-68)70(52-29-13-5-14-30-52)53-31-15-6-16-32-53/h3-42,44-49,63H,43H2,1-2H3/t49-,63?,68+/m1/s1. The fourth-order valence-corrected chi connectivity index (χ4v) is 11.6. The molecule has 0 saturated heterocycles. The number of rotatable bonds is 11. The van der Waals surface area contributed by atoms with E-state index in [1.165, 1.54) is 32.6 Å². The van der Waals surface area contributed by atoms with Crippen LogP contribution < -0.4 is 14.7 Å². The molecule has 0 saturated carbocycles. The second kappa shape index (κ2) is 18.3. The first kappa shape index (κ1) is 43.9. The average molecular weight is 942 g/mol. The van der Waals surface area contributed by atoms with Crippen molar-refractivity contribution in [3.63, 3.8) is 0 Å². The third-order valence-electron chi connectivity index (χ3n) is 15.0. The Morgan fingerprint density at radius 3 is 1.41 bits per heavy atom. The van der Waals surface area contributed by atoms with E-state index >= 15 is 0 Å². The summed E-state index contributed by atoms with van der Waals surface area (Å²) >= 11 is 0. The fourth-order valence-electron chi connectivity index (χ4n) is 11.6. The molecule has 11 aromatic rings. The zero-order valence-corrected chi connectivity index (χ0v) is 41.1. The second-order valence-corrected chi connectivity index (χ2v) is 19.7. The number of benzene rings is 9. The maximum absolute atomic E-state index is 2.62. The molecule has 0 N–H and O–H groups in total. The molecule has 0 aliphatic heterocycles. The molecule has 0 amide bonds. The molecule has 0 spiro atoms. The molecule has 5 heteroatoms. The number of hydrogen-bond donors (Lipinski definition) is 0. The number of anilines is 8. The molecule has 5 nitrogen and oxygen atoms in total. The van der Waals surface area contributed by atoms with Gasteiger partial charge in [0.25, 0.3) is 0 Å². The van der Waals surface area contributed by atoms with E-state index in [-0.39, 0.29) is 11.6 Å². The highest BCUT2D eigenvalue weighted by atomic mass is 15.2. The van der Waals surface area contributed by atoms with Gasteiger partial charge in [-0.15, -0.1) is 0 Å². The number of nitrogens with zero attached hydrogens (tertiary/aromatic N) is 5. The highest BCUT2D eigenvalue weighted by Gasteiger charge is 2.30. The summed E-state index contributed by atoms with van der Waals surface area (Å²) in [6, 6.07) is 82.1. The van der Waals surface area contributed by atoms with Crippen LogP contribution in [0.4, 0.5) is 45.5 Å². The lowest BCUT2D eigenvalue weighted by atomic mass is 9.92. The summed E-state index contributed by atoms with van der Waals surface area (Å²) in [6.07, 6.45) is 19.0. The number of para-hydroxylation sites is 5. The van der Waals surface area contributed by atoms with Crippen LogP contribution in [0.25, 0.3) is 49.3 Å². The first-order chi connectivity index (χ1) is 36.0. The monoisotopic (exact) mass is 941 g/mol. The van der Waals surface area contributed by atoms with Gasteiger partial charge in [0.1, 0.15) is 0 Å². The van der Waals surface area contributed by atoms with Gasteiger partial charge in [-0.2, -0.15) is 0 Å². The number of allylic oxidation sites excluding steroid dienone is 6. The Hall–Kier alpha value is -9.06. The number of aromatic nitrogens is 2. The van der Waals surface area contributed by atoms with Gasteiger partial charge in [0.2, 0.25) is 0 Å². The molecule has 2 aromatic heterocycles. The normalized spacial score (nSPS) is 17.2. The summed E-state index contributed by atoms with van der Waals surface area (Å²) in [5.74, 6) is 0.307. The Labute approximate surface area is 427 Å². The summed E-state index contributed by atoms with van der Waals surface area (Å²) < 4.78 is 5.13. The van der Waals surface area contributed by atoms with E-state index < -0.39 is 0 Å². The molecule has 9 aromatic carbocycles. The Morgan fingerprint density at radius 2 is 0.863 bits per heavy atom. The highest BCUT2D eigenvalue weighted by Crippen LogP contribution is 2.47. The van der Waals surface area contributed by atoms with Crippen LogP contribution in [0.5, 0.6) is 0 Å². The minimum Gasteiger partial charge on any atom is -0.334 e. The van der Waals surface area contributed by atoms with Crippen LogP contribution >= 0.6 is 0 Å². The van der Waals surface area contributed by atoms with E-state index in [0.717, 1.165) is 68.6 Å². The van der Waals surface area contributed by atoms with Gasteiger partial charge in [-0.3, -0.25) is 0 Å². The van der Waals surface area contributed by atoms with Crippen molar-refractivity contribution in [3.8, 4) is 5.69 Å². The molecule has 3 atom stereocenters. The number of fused-ring (bicyclic) bond motifs is 6. The molecule has 2 aliphatic carbocycles. The SMILES string of the molecule is C[C@@H]1C=CC=CC1N(c1ccccc1)c1cccc(-n2c3cc(N(c4ccccc4)c4ccccc4)ccc3c3cc4c(cc32)c2ccc(N(c3ccccc3)c3ccccc3)cc2n4[C@@]2(C)C=CC=CC2)c1. The molecule has 2 heterocycles.